The summed E-state index contributed by atoms with van der Waals surface area (Å²) in [6.07, 6.45) is -4.75. The van der Waals surface area contributed by atoms with Gasteiger partial charge in [0.15, 0.2) is 0 Å². The van der Waals surface area contributed by atoms with Crippen LogP contribution in [-0.4, -0.2) is 31.7 Å². The van der Waals surface area contributed by atoms with Gasteiger partial charge in [0.25, 0.3) is 5.91 Å². The molecule has 0 aromatic heterocycles. The molecular formula is C25H24F3N5O3. The average molecular weight is 499 g/mol. The quantitative estimate of drug-likeness (QED) is 0.437. The third-order valence-corrected chi connectivity index (χ3v) is 5.47. The van der Waals surface area contributed by atoms with Gasteiger partial charge >= 0.3 is 12.2 Å². The van der Waals surface area contributed by atoms with Crippen LogP contribution < -0.4 is 26.4 Å². The van der Waals surface area contributed by atoms with Gasteiger partial charge in [0.05, 0.1) is 29.2 Å². The van der Waals surface area contributed by atoms with Crippen LogP contribution in [0.25, 0.3) is 0 Å². The number of hydrazine groups is 1. The van der Waals surface area contributed by atoms with E-state index in [9.17, 15) is 22.8 Å². The molecule has 4 N–H and O–H groups in total. The fourth-order valence-corrected chi connectivity index (χ4v) is 3.79. The Hall–Kier alpha value is -4.09. The van der Waals surface area contributed by atoms with Crippen molar-refractivity contribution in [2.75, 3.05) is 35.0 Å². The van der Waals surface area contributed by atoms with E-state index in [2.05, 4.69) is 10.7 Å². The molecule has 0 unspecified atom stereocenters. The van der Waals surface area contributed by atoms with E-state index in [4.69, 9.17) is 10.5 Å². The normalized spacial score (nSPS) is 13.9. The number of morpholine rings is 1. The highest BCUT2D eigenvalue weighted by Gasteiger charge is 2.37. The molecule has 0 atom stereocenters. The molecule has 36 heavy (non-hydrogen) atoms. The number of nitrogens with zero attached hydrogens (tertiary/aromatic N) is 2. The lowest BCUT2D eigenvalue weighted by Crippen LogP contribution is -2.43. The van der Waals surface area contributed by atoms with Crippen molar-refractivity contribution in [3.63, 3.8) is 0 Å². The zero-order valence-corrected chi connectivity index (χ0v) is 19.1. The minimum Gasteiger partial charge on any atom is -0.370 e. The summed E-state index contributed by atoms with van der Waals surface area (Å²) in [6, 6.07) is 18.6. The molecule has 0 aliphatic carbocycles. The Kier molecular flexibility index (Phi) is 7.41. The van der Waals surface area contributed by atoms with Gasteiger partial charge in [0, 0.05) is 18.8 Å². The Morgan fingerprint density at radius 2 is 1.78 bits per heavy atom. The molecule has 188 valence electrons. The van der Waals surface area contributed by atoms with Crippen molar-refractivity contribution < 1.29 is 27.5 Å². The van der Waals surface area contributed by atoms with E-state index in [1.54, 1.807) is 42.5 Å². The van der Waals surface area contributed by atoms with Crippen LogP contribution >= 0.6 is 0 Å². The topological polar surface area (TPSA) is 99.9 Å². The number of para-hydroxylation sites is 1. The number of carbonyl (C=O) groups is 2. The maximum absolute atomic E-state index is 13.9. The highest BCUT2D eigenvalue weighted by molar-refractivity contribution is 5.97. The number of benzene rings is 3. The maximum Gasteiger partial charge on any atom is 0.418 e. The Bertz CT molecular complexity index is 1240. The van der Waals surface area contributed by atoms with E-state index in [-0.39, 0.29) is 31.1 Å². The van der Waals surface area contributed by atoms with Crippen molar-refractivity contribution in [1.82, 2.24) is 5.43 Å². The number of rotatable bonds is 6. The van der Waals surface area contributed by atoms with Crippen molar-refractivity contribution in [3.8, 4) is 0 Å². The standard InChI is InChI=1S/C25H24F3N5O3/c26-25(27,28)21-14-18(9-10-22(21)32-11-12-36-16-23(32)34)30-24(35)31-33(19-6-2-1-3-7-19)20-8-4-5-17(13-20)15-29/h1-10,13-14H,11-12,15-16,29H2,(H2,30,31,35). The van der Waals surface area contributed by atoms with Gasteiger partial charge in [-0.05, 0) is 48.0 Å². The number of ether oxygens (including phenoxy) is 1. The highest BCUT2D eigenvalue weighted by Crippen LogP contribution is 2.38. The van der Waals surface area contributed by atoms with Crippen LogP contribution in [0.5, 0.6) is 0 Å². The first-order valence-corrected chi connectivity index (χ1v) is 11.1. The fourth-order valence-electron chi connectivity index (χ4n) is 3.79. The molecule has 0 saturated carbocycles. The Morgan fingerprint density at radius 3 is 2.47 bits per heavy atom. The van der Waals surface area contributed by atoms with Gasteiger partial charge in [-0.15, -0.1) is 0 Å². The van der Waals surface area contributed by atoms with Crippen molar-refractivity contribution >= 4 is 34.7 Å². The molecule has 0 radical (unpaired) electrons. The second-order valence-electron chi connectivity index (χ2n) is 7.94. The molecule has 1 fully saturated rings. The monoisotopic (exact) mass is 499 g/mol. The Morgan fingerprint density at radius 1 is 1.03 bits per heavy atom. The maximum atomic E-state index is 13.9. The molecule has 3 aromatic rings. The molecule has 0 bridgehead atoms. The zero-order chi connectivity index (χ0) is 25.7. The summed E-state index contributed by atoms with van der Waals surface area (Å²) in [4.78, 5) is 26.0. The predicted molar refractivity (Wildman–Crippen MR) is 130 cm³/mol. The first-order valence-electron chi connectivity index (χ1n) is 11.1. The first kappa shape index (κ1) is 25.0. The second-order valence-corrected chi connectivity index (χ2v) is 7.94. The SMILES string of the molecule is NCc1cccc(N(NC(=O)Nc2ccc(N3CCOCC3=O)c(C(F)(F)F)c2)c2ccccc2)c1. The third kappa shape index (κ3) is 5.75. The number of nitrogens with two attached hydrogens (primary N) is 1. The van der Waals surface area contributed by atoms with E-state index in [0.717, 1.165) is 16.5 Å². The van der Waals surface area contributed by atoms with Crippen molar-refractivity contribution in [3.05, 3.63) is 83.9 Å². The number of carbonyl (C=O) groups excluding carboxylic acids is 2. The zero-order valence-electron chi connectivity index (χ0n) is 19.1. The molecule has 1 aliphatic heterocycles. The van der Waals surface area contributed by atoms with Gasteiger partial charge in [-0.3, -0.25) is 9.80 Å². The minimum absolute atomic E-state index is 0.00305. The van der Waals surface area contributed by atoms with Gasteiger partial charge in [-0.1, -0.05) is 30.3 Å². The largest absolute Gasteiger partial charge is 0.418 e. The lowest BCUT2D eigenvalue weighted by atomic mass is 10.1. The molecule has 3 aromatic carbocycles. The lowest BCUT2D eigenvalue weighted by molar-refractivity contribution is -0.137. The van der Waals surface area contributed by atoms with Gasteiger partial charge in [-0.25, -0.2) is 10.2 Å². The molecule has 1 aliphatic rings. The van der Waals surface area contributed by atoms with Crippen LogP contribution in [0.3, 0.4) is 0 Å². The molecule has 1 saturated heterocycles. The van der Waals surface area contributed by atoms with Crippen LogP contribution in [0.2, 0.25) is 0 Å². The molecule has 11 heteroatoms. The van der Waals surface area contributed by atoms with E-state index >= 15 is 0 Å². The highest BCUT2D eigenvalue weighted by atomic mass is 19.4. The van der Waals surface area contributed by atoms with Crippen LogP contribution in [0.1, 0.15) is 11.1 Å². The predicted octanol–water partition coefficient (Wildman–Crippen LogP) is 4.40. The van der Waals surface area contributed by atoms with Gasteiger partial charge in [0.2, 0.25) is 0 Å². The number of hydrogen-bond acceptors (Lipinski definition) is 5. The number of amides is 3. The molecule has 0 spiro atoms. The minimum atomic E-state index is -4.75. The lowest BCUT2D eigenvalue weighted by Gasteiger charge is -2.29. The van der Waals surface area contributed by atoms with E-state index in [1.165, 1.54) is 17.1 Å². The Labute approximate surface area is 205 Å². The number of nitrogens with one attached hydrogen (secondary N) is 2. The number of urea groups is 1. The van der Waals surface area contributed by atoms with E-state index < -0.39 is 23.7 Å². The Balaban J connectivity index is 1.59. The van der Waals surface area contributed by atoms with E-state index in [1.807, 2.05) is 12.1 Å². The van der Waals surface area contributed by atoms with E-state index in [0.29, 0.717) is 17.9 Å². The number of anilines is 4. The smallest absolute Gasteiger partial charge is 0.370 e. The van der Waals surface area contributed by atoms with Crippen molar-refractivity contribution in [1.29, 1.82) is 0 Å². The summed E-state index contributed by atoms with van der Waals surface area (Å²) in [5.41, 5.74) is 9.07. The molecule has 4 rings (SSSR count). The number of halogens is 3. The van der Waals surface area contributed by atoms with Crippen LogP contribution in [-0.2, 0) is 22.3 Å². The number of hydrogen-bond donors (Lipinski definition) is 3. The van der Waals surface area contributed by atoms with Crippen LogP contribution in [0.15, 0.2) is 72.8 Å². The van der Waals surface area contributed by atoms with Crippen LogP contribution in [0, 0.1) is 0 Å². The second kappa shape index (κ2) is 10.7. The van der Waals surface area contributed by atoms with Gasteiger partial charge < -0.3 is 20.7 Å². The summed E-state index contributed by atoms with van der Waals surface area (Å²) < 4.78 is 46.6. The summed E-state index contributed by atoms with van der Waals surface area (Å²) in [5.74, 6) is -0.566. The molecule has 8 nitrogen and oxygen atoms in total. The summed E-state index contributed by atoms with van der Waals surface area (Å²) >= 11 is 0. The number of alkyl halides is 3. The van der Waals surface area contributed by atoms with Gasteiger partial charge in [0.1, 0.15) is 6.61 Å². The van der Waals surface area contributed by atoms with Crippen molar-refractivity contribution in [2.24, 2.45) is 5.73 Å². The van der Waals surface area contributed by atoms with Crippen molar-refractivity contribution in [2.45, 2.75) is 12.7 Å². The third-order valence-electron chi connectivity index (χ3n) is 5.47. The molecular weight excluding hydrogens is 475 g/mol. The average Bonchev–Trinajstić information content (AvgIpc) is 2.88. The molecule has 1 heterocycles. The fraction of sp³-hybridized carbons (Fsp3) is 0.200. The molecule has 3 amide bonds. The first-order chi connectivity index (χ1) is 17.3. The van der Waals surface area contributed by atoms with Gasteiger partial charge in [-0.2, -0.15) is 13.2 Å². The summed E-state index contributed by atoms with van der Waals surface area (Å²) in [5, 5.41) is 3.95. The van der Waals surface area contributed by atoms with Crippen LogP contribution in [0.4, 0.5) is 40.7 Å². The summed E-state index contributed by atoms with van der Waals surface area (Å²) in [6.45, 7) is 0.135. The summed E-state index contributed by atoms with van der Waals surface area (Å²) in [7, 11) is 0.